The average molecular weight is 273 g/mol. The van der Waals surface area contributed by atoms with E-state index in [9.17, 15) is 8.42 Å². The van der Waals surface area contributed by atoms with Crippen molar-refractivity contribution in [1.82, 2.24) is 4.72 Å². The largest absolute Gasteiger partial charge is 0.398 e. The smallest absolute Gasteiger partial charge is 0.242 e. The van der Waals surface area contributed by atoms with E-state index in [4.69, 9.17) is 10.8 Å². The summed E-state index contributed by atoms with van der Waals surface area (Å²) in [6.45, 7) is 2.30. The van der Waals surface area contributed by atoms with Gasteiger partial charge in [-0.15, -0.1) is 0 Å². The van der Waals surface area contributed by atoms with Gasteiger partial charge in [-0.1, -0.05) is 0 Å². The number of nitrogen functional groups attached to an aromatic ring is 1. The Balaban J connectivity index is 2.80. The van der Waals surface area contributed by atoms with Crippen LogP contribution in [0.5, 0.6) is 0 Å². The SMILES string of the molecule is CNS(=O)(=O)c1ccc(NCCC(C)O)cc1N. The zero-order chi connectivity index (χ0) is 13.8. The molecule has 0 aliphatic carbocycles. The number of nitrogens with one attached hydrogen (secondary N) is 2. The van der Waals surface area contributed by atoms with Crippen molar-refractivity contribution in [1.29, 1.82) is 0 Å². The first-order chi connectivity index (χ1) is 8.36. The maximum Gasteiger partial charge on any atom is 0.242 e. The summed E-state index contributed by atoms with van der Waals surface area (Å²) in [5, 5.41) is 12.2. The minimum absolute atomic E-state index is 0.0612. The van der Waals surface area contributed by atoms with Crippen LogP contribution in [-0.2, 0) is 10.0 Å². The molecule has 18 heavy (non-hydrogen) atoms. The molecule has 0 spiro atoms. The highest BCUT2D eigenvalue weighted by Crippen LogP contribution is 2.22. The lowest BCUT2D eigenvalue weighted by molar-refractivity contribution is 0.189. The van der Waals surface area contributed by atoms with Gasteiger partial charge < -0.3 is 16.2 Å². The first-order valence-corrected chi connectivity index (χ1v) is 7.10. The van der Waals surface area contributed by atoms with Crippen LogP contribution >= 0.6 is 0 Å². The fourth-order valence-electron chi connectivity index (χ4n) is 1.44. The molecule has 0 amide bonds. The van der Waals surface area contributed by atoms with Crippen LogP contribution in [0.4, 0.5) is 11.4 Å². The number of anilines is 2. The minimum Gasteiger partial charge on any atom is -0.398 e. The van der Waals surface area contributed by atoms with Gasteiger partial charge in [0.25, 0.3) is 0 Å². The zero-order valence-electron chi connectivity index (χ0n) is 10.5. The van der Waals surface area contributed by atoms with Gasteiger partial charge in [0.1, 0.15) is 4.90 Å². The molecular formula is C11H19N3O3S. The van der Waals surface area contributed by atoms with Crippen LogP contribution in [0.25, 0.3) is 0 Å². The Morgan fingerprint density at radius 3 is 2.61 bits per heavy atom. The summed E-state index contributed by atoms with van der Waals surface area (Å²) in [6.07, 6.45) is 0.231. The summed E-state index contributed by atoms with van der Waals surface area (Å²) in [6, 6.07) is 4.65. The van der Waals surface area contributed by atoms with E-state index in [0.717, 1.165) is 5.69 Å². The molecule has 0 aromatic heterocycles. The molecule has 102 valence electrons. The molecular weight excluding hydrogens is 254 g/mol. The Morgan fingerprint density at radius 1 is 1.44 bits per heavy atom. The van der Waals surface area contributed by atoms with Gasteiger partial charge in [-0.2, -0.15) is 0 Å². The van der Waals surface area contributed by atoms with Gasteiger partial charge >= 0.3 is 0 Å². The second kappa shape index (κ2) is 6.03. The summed E-state index contributed by atoms with van der Waals surface area (Å²) in [7, 11) is -2.19. The third-order valence-electron chi connectivity index (χ3n) is 2.46. The van der Waals surface area contributed by atoms with Crippen molar-refractivity contribution in [3.8, 4) is 0 Å². The highest BCUT2D eigenvalue weighted by Gasteiger charge is 2.15. The lowest BCUT2D eigenvalue weighted by Crippen LogP contribution is -2.20. The van der Waals surface area contributed by atoms with Gasteiger partial charge in [0, 0.05) is 12.2 Å². The Bertz CT molecular complexity index is 500. The normalized spacial score (nSPS) is 13.3. The standard InChI is InChI=1S/C11H19N3O3S/c1-8(15)5-6-14-9-3-4-11(10(12)7-9)18(16,17)13-2/h3-4,7-8,13-15H,5-6,12H2,1-2H3. The Kier molecular flexibility index (Phi) is 4.94. The molecule has 0 aliphatic rings. The van der Waals surface area contributed by atoms with Crippen molar-refractivity contribution in [2.75, 3.05) is 24.6 Å². The lowest BCUT2D eigenvalue weighted by atomic mass is 10.2. The van der Waals surface area contributed by atoms with Crippen molar-refractivity contribution in [3.63, 3.8) is 0 Å². The van der Waals surface area contributed by atoms with Gasteiger partial charge in [-0.05, 0) is 38.6 Å². The van der Waals surface area contributed by atoms with E-state index in [1.165, 1.54) is 13.1 Å². The van der Waals surface area contributed by atoms with Crippen molar-refractivity contribution in [2.45, 2.75) is 24.3 Å². The minimum atomic E-state index is -3.52. The number of nitrogens with two attached hydrogens (primary N) is 1. The molecule has 5 N–H and O–H groups in total. The second-order valence-electron chi connectivity index (χ2n) is 4.02. The molecule has 0 saturated carbocycles. The molecule has 0 radical (unpaired) electrons. The van der Waals surface area contributed by atoms with E-state index in [-0.39, 0.29) is 16.7 Å². The van der Waals surface area contributed by atoms with Crippen LogP contribution in [0.1, 0.15) is 13.3 Å². The van der Waals surface area contributed by atoms with Crippen molar-refractivity contribution in [3.05, 3.63) is 18.2 Å². The summed E-state index contributed by atoms with van der Waals surface area (Å²) in [5.41, 5.74) is 6.62. The topological polar surface area (TPSA) is 104 Å². The maximum atomic E-state index is 11.6. The van der Waals surface area contributed by atoms with E-state index in [1.54, 1.807) is 19.1 Å². The number of aliphatic hydroxyl groups is 1. The number of aliphatic hydroxyl groups excluding tert-OH is 1. The molecule has 0 heterocycles. The third-order valence-corrected chi connectivity index (χ3v) is 3.95. The van der Waals surface area contributed by atoms with Crippen LogP contribution in [0, 0.1) is 0 Å². The fourth-order valence-corrected chi connectivity index (χ4v) is 2.27. The van der Waals surface area contributed by atoms with Gasteiger partial charge in [0.2, 0.25) is 10.0 Å². The van der Waals surface area contributed by atoms with E-state index in [1.807, 2.05) is 0 Å². The highest BCUT2D eigenvalue weighted by molar-refractivity contribution is 7.89. The van der Waals surface area contributed by atoms with Crippen molar-refractivity contribution in [2.24, 2.45) is 0 Å². The number of sulfonamides is 1. The Hall–Kier alpha value is -1.31. The fraction of sp³-hybridized carbons (Fsp3) is 0.455. The summed E-state index contributed by atoms with van der Waals surface area (Å²) >= 11 is 0. The molecule has 0 saturated heterocycles. The third kappa shape index (κ3) is 3.86. The maximum absolute atomic E-state index is 11.6. The number of benzene rings is 1. The summed E-state index contributed by atoms with van der Waals surface area (Å²) in [4.78, 5) is 0.0612. The molecule has 1 rings (SSSR count). The average Bonchev–Trinajstić information content (AvgIpc) is 2.28. The molecule has 0 bridgehead atoms. The van der Waals surface area contributed by atoms with Gasteiger partial charge in [-0.25, -0.2) is 13.1 Å². The molecule has 1 aromatic rings. The predicted octanol–water partition coefficient (Wildman–Crippen LogP) is 0.360. The van der Waals surface area contributed by atoms with E-state index < -0.39 is 10.0 Å². The van der Waals surface area contributed by atoms with Gasteiger partial charge in [0.05, 0.1) is 11.8 Å². The van der Waals surface area contributed by atoms with Crippen LogP contribution in [0.15, 0.2) is 23.1 Å². The monoisotopic (exact) mass is 273 g/mol. The van der Waals surface area contributed by atoms with E-state index in [2.05, 4.69) is 10.0 Å². The molecule has 0 fully saturated rings. The Labute approximate surface area is 107 Å². The van der Waals surface area contributed by atoms with Crippen LogP contribution < -0.4 is 15.8 Å². The summed E-state index contributed by atoms with van der Waals surface area (Å²) < 4.78 is 25.4. The molecule has 1 unspecified atom stereocenters. The lowest BCUT2D eigenvalue weighted by Gasteiger charge is -2.11. The quantitative estimate of drug-likeness (QED) is 0.560. The van der Waals surface area contributed by atoms with Crippen LogP contribution in [0.2, 0.25) is 0 Å². The van der Waals surface area contributed by atoms with Crippen molar-refractivity contribution >= 4 is 21.4 Å². The second-order valence-corrected chi connectivity index (χ2v) is 5.88. The number of rotatable bonds is 6. The van der Waals surface area contributed by atoms with E-state index >= 15 is 0 Å². The first-order valence-electron chi connectivity index (χ1n) is 5.62. The van der Waals surface area contributed by atoms with Gasteiger partial charge in [0.15, 0.2) is 0 Å². The summed E-state index contributed by atoms with van der Waals surface area (Å²) in [5.74, 6) is 0. The van der Waals surface area contributed by atoms with E-state index in [0.29, 0.717) is 13.0 Å². The number of hydrogen-bond acceptors (Lipinski definition) is 5. The van der Waals surface area contributed by atoms with Crippen molar-refractivity contribution < 1.29 is 13.5 Å². The van der Waals surface area contributed by atoms with Crippen LogP contribution in [-0.4, -0.2) is 33.2 Å². The van der Waals surface area contributed by atoms with Gasteiger partial charge in [-0.3, -0.25) is 0 Å². The Morgan fingerprint density at radius 2 is 2.11 bits per heavy atom. The molecule has 1 atom stereocenters. The van der Waals surface area contributed by atoms with Crippen LogP contribution in [0.3, 0.4) is 0 Å². The highest BCUT2D eigenvalue weighted by atomic mass is 32.2. The number of hydrogen-bond donors (Lipinski definition) is 4. The molecule has 6 nitrogen and oxygen atoms in total. The molecule has 0 aliphatic heterocycles. The predicted molar refractivity (Wildman–Crippen MR) is 71.9 cm³/mol. The zero-order valence-corrected chi connectivity index (χ0v) is 11.3. The first kappa shape index (κ1) is 14.7. The molecule has 1 aromatic carbocycles. The molecule has 7 heteroatoms.